The molecule has 0 saturated heterocycles. The van der Waals surface area contributed by atoms with Crippen molar-refractivity contribution >= 4 is 27.3 Å². The smallest absolute Gasteiger partial charge is 0.120 e. The Balaban J connectivity index is 2.06. The Kier molecular flexibility index (Phi) is 3.70. The molecule has 5 heteroatoms. The van der Waals surface area contributed by atoms with Crippen LogP contribution in [-0.2, 0) is 6.54 Å². The van der Waals surface area contributed by atoms with E-state index in [1.165, 1.54) is 4.88 Å². The van der Waals surface area contributed by atoms with E-state index in [9.17, 15) is 0 Å². The van der Waals surface area contributed by atoms with Gasteiger partial charge < -0.3 is 10.3 Å². The normalized spacial score (nSPS) is 12.0. The van der Waals surface area contributed by atoms with Crippen molar-refractivity contribution in [1.29, 1.82) is 0 Å². The number of nitrogens with zero attached hydrogens (tertiary/aromatic N) is 1. The van der Waals surface area contributed by atoms with E-state index in [0.29, 0.717) is 0 Å². The topological polar surface area (TPSA) is 40.7 Å². The lowest BCUT2D eigenvalue weighted by Gasteiger charge is -2.19. The van der Waals surface area contributed by atoms with Crippen molar-refractivity contribution in [2.75, 3.05) is 0 Å². The van der Waals surface area contributed by atoms with Crippen LogP contribution in [0.4, 0.5) is 0 Å². The molecular weight excluding hydrogens is 298 g/mol. The Morgan fingerprint density at radius 3 is 2.76 bits per heavy atom. The summed E-state index contributed by atoms with van der Waals surface area (Å²) in [6.07, 6.45) is 1.89. The van der Waals surface area contributed by atoms with Crippen LogP contribution < -0.4 is 5.32 Å². The van der Waals surface area contributed by atoms with Crippen LogP contribution >= 0.6 is 27.3 Å². The molecule has 0 aliphatic heterocycles. The third kappa shape index (κ3) is 3.66. The minimum absolute atomic E-state index is 0.110. The summed E-state index contributed by atoms with van der Waals surface area (Å²) in [5.74, 6) is 0.972. The standard InChI is InChI=1S/C12H16BrN3S/c1-12(2,3)15-7-11-14-6-8(16-11)9-4-5-10(13)17-9/h4-6,15H,7H2,1-3H3,(H,14,16). The van der Waals surface area contributed by atoms with Crippen LogP contribution in [0.5, 0.6) is 0 Å². The van der Waals surface area contributed by atoms with E-state index < -0.39 is 0 Å². The van der Waals surface area contributed by atoms with Gasteiger partial charge in [-0.1, -0.05) is 0 Å². The molecule has 0 fully saturated rings. The summed E-state index contributed by atoms with van der Waals surface area (Å²) in [5, 5.41) is 3.41. The van der Waals surface area contributed by atoms with Gasteiger partial charge in [-0.05, 0) is 48.8 Å². The van der Waals surface area contributed by atoms with Gasteiger partial charge in [0.15, 0.2) is 0 Å². The Morgan fingerprint density at radius 1 is 1.41 bits per heavy atom. The SMILES string of the molecule is CC(C)(C)NCc1ncc(-c2ccc(Br)s2)[nH]1. The molecule has 0 bridgehead atoms. The van der Waals surface area contributed by atoms with Gasteiger partial charge in [0.25, 0.3) is 0 Å². The van der Waals surface area contributed by atoms with Gasteiger partial charge in [0.1, 0.15) is 5.82 Å². The molecule has 17 heavy (non-hydrogen) atoms. The Hall–Kier alpha value is -0.650. The summed E-state index contributed by atoms with van der Waals surface area (Å²) in [6.45, 7) is 7.20. The second-order valence-corrected chi connectivity index (χ2v) is 7.41. The van der Waals surface area contributed by atoms with Crippen molar-refractivity contribution in [3.05, 3.63) is 27.9 Å². The van der Waals surface area contributed by atoms with Gasteiger partial charge in [0.2, 0.25) is 0 Å². The molecule has 0 aliphatic rings. The summed E-state index contributed by atoms with van der Waals surface area (Å²) >= 11 is 5.17. The molecule has 2 aromatic rings. The minimum atomic E-state index is 0.110. The van der Waals surface area contributed by atoms with Gasteiger partial charge in [-0.2, -0.15) is 0 Å². The fourth-order valence-corrected chi connectivity index (χ4v) is 2.74. The van der Waals surface area contributed by atoms with Crippen molar-refractivity contribution in [3.63, 3.8) is 0 Å². The van der Waals surface area contributed by atoms with Crippen LogP contribution in [0, 0.1) is 0 Å². The number of hydrogen-bond donors (Lipinski definition) is 2. The second-order valence-electron chi connectivity index (χ2n) is 4.95. The third-order valence-corrected chi connectivity index (χ3v) is 3.91. The van der Waals surface area contributed by atoms with Crippen LogP contribution in [0.3, 0.4) is 0 Å². The van der Waals surface area contributed by atoms with E-state index in [2.05, 4.69) is 58.1 Å². The zero-order valence-electron chi connectivity index (χ0n) is 10.2. The number of nitrogens with one attached hydrogen (secondary N) is 2. The molecule has 3 nitrogen and oxygen atoms in total. The number of aromatic amines is 1. The van der Waals surface area contributed by atoms with Gasteiger partial charge in [-0.15, -0.1) is 11.3 Å². The highest BCUT2D eigenvalue weighted by atomic mass is 79.9. The predicted molar refractivity (Wildman–Crippen MR) is 76.2 cm³/mol. The predicted octanol–water partition coefficient (Wildman–Crippen LogP) is 3.79. The summed E-state index contributed by atoms with van der Waals surface area (Å²) in [5.41, 5.74) is 1.19. The number of H-pyrrole nitrogens is 1. The maximum absolute atomic E-state index is 4.38. The highest BCUT2D eigenvalue weighted by Crippen LogP contribution is 2.29. The van der Waals surface area contributed by atoms with Gasteiger partial charge in [0.05, 0.1) is 27.1 Å². The zero-order valence-corrected chi connectivity index (χ0v) is 12.6. The van der Waals surface area contributed by atoms with Gasteiger partial charge in [0, 0.05) is 5.54 Å². The lowest BCUT2D eigenvalue weighted by atomic mass is 10.1. The van der Waals surface area contributed by atoms with Gasteiger partial charge in [-0.25, -0.2) is 4.98 Å². The summed E-state index contributed by atoms with van der Waals surface area (Å²) < 4.78 is 1.14. The van der Waals surface area contributed by atoms with E-state index in [1.807, 2.05) is 12.3 Å². The molecule has 0 atom stereocenters. The van der Waals surface area contributed by atoms with E-state index >= 15 is 0 Å². The number of halogens is 1. The van der Waals surface area contributed by atoms with Crippen LogP contribution in [0.15, 0.2) is 22.1 Å². The highest BCUT2D eigenvalue weighted by Gasteiger charge is 2.10. The number of thiophene rings is 1. The Bertz CT molecular complexity index is 496. The number of imidazole rings is 1. The summed E-state index contributed by atoms with van der Waals surface area (Å²) in [6, 6.07) is 4.14. The molecule has 0 amide bonds. The highest BCUT2D eigenvalue weighted by molar-refractivity contribution is 9.11. The van der Waals surface area contributed by atoms with Crippen molar-refractivity contribution in [1.82, 2.24) is 15.3 Å². The average Bonchev–Trinajstić information content (AvgIpc) is 2.81. The molecule has 2 heterocycles. The summed E-state index contributed by atoms with van der Waals surface area (Å²) in [7, 11) is 0. The first-order chi connectivity index (χ1) is 7.94. The fourth-order valence-electron chi connectivity index (χ4n) is 1.39. The average molecular weight is 314 g/mol. The Labute approximate surface area is 114 Å². The molecule has 0 unspecified atom stereocenters. The molecule has 2 N–H and O–H groups in total. The number of aromatic nitrogens is 2. The van der Waals surface area contributed by atoms with Crippen LogP contribution in [-0.4, -0.2) is 15.5 Å². The molecule has 92 valence electrons. The van der Waals surface area contributed by atoms with E-state index in [-0.39, 0.29) is 5.54 Å². The monoisotopic (exact) mass is 313 g/mol. The number of rotatable bonds is 3. The first kappa shape index (κ1) is 12.8. The van der Waals surface area contributed by atoms with Gasteiger partial charge >= 0.3 is 0 Å². The molecule has 0 aromatic carbocycles. The number of hydrogen-bond acceptors (Lipinski definition) is 3. The molecular formula is C12H16BrN3S. The molecule has 0 radical (unpaired) electrons. The van der Waals surface area contributed by atoms with Crippen molar-refractivity contribution in [2.45, 2.75) is 32.9 Å². The minimum Gasteiger partial charge on any atom is -0.340 e. The van der Waals surface area contributed by atoms with Crippen LogP contribution in [0.1, 0.15) is 26.6 Å². The lowest BCUT2D eigenvalue weighted by Crippen LogP contribution is -2.35. The maximum atomic E-state index is 4.38. The molecule has 2 aromatic heterocycles. The first-order valence-electron chi connectivity index (χ1n) is 5.49. The fraction of sp³-hybridized carbons (Fsp3) is 0.417. The zero-order chi connectivity index (χ0) is 12.5. The second kappa shape index (κ2) is 4.92. The molecule has 0 saturated carbocycles. The maximum Gasteiger partial charge on any atom is 0.120 e. The molecule has 2 rings (SSSR count). The van der Waals surface area contributed by atoms with Crippen molar-refractivity contribution in [2.24, 2.45) is 0 Å². The van der Waals surface area contributed by atoms with E-state index in [1.54, 1.807) is 11.3 Å². The molecule has 0 spiro atoms. The van der Waals surface area contributed by atoms with E-state index in [4.69, 9.17) is 0 Å². The van der Waals surface area contributed by atoms with E-state index in [0.717, 1.165) is 21.8 Å². The van der Waals surface area contributed by atoms with Crippen molar-refractivity contribution in [3.8, 4) is 10.6 Å². The Morgan fingerprint density at radius 2 is 2.18 bits per heavy atom. The van der Waals surface area contributed by atoms with Crippen LogP contribution in [0.25, 0.3) is 10.6 Å². The van der Waals surface area contributed by atoms with Crippen molar-refractivity contribution < 1.29 is 0 Å². The summed E-state index contributed by atoms with van der Waals surface area (Å²) in [4.78, 5) is 8.91. The van der Waals surface area contributed by atoms with Crippen LogP contribution in [0.2, 0.25) is 0 Å². The lowest BCUT2D eigenvalue weighted by molar-refractivity contribution is 0.418. The van der Waals surface area contributed by atoms with Gasteiger partial charge in [-0.3, -0.25) is 0 Å². The quantitative estimate of drug-likeness (QED) is 0.905. The third-order valence-electron chi connectivity index (χ3n) is 2.25. The molecule has 0 aliphatic carbocycles. The largest absolute Gasteiger partial charge is 0.340 e. The first-order valence-corrected chi connectivity index (χ1v) is 7.09.